The monoisotopic (exact) mass is 421 g/mol. The summed E-state index contributed by atoms with van der Waals surface area (Å²) in [6.45, 7) is 4.62. The first-order valence-electron chi connectivity index (χ1n) is 9.54. The molecule has 0 spiro atoms. The number of methoxy groups -OCH3 is 1. The Morgan fingerprint density at radius 1 is 1.21 bits per heavy atom. The van der Waals surface area contributed by atoms with Crippen molar-refractivity contribution in [2.24, 2.45) is 0 Å². The Morgan fingerprint density at radius 2 is 2.00 bits per heavy atom. The molecular weight excluding hydrogens is 394 g/mol. The highest BCUT2D eigenvalue weighted by molar-refractivity contribution is 7.71. The van der Waals surface area contributed by atoms with Crippen LogP contribution < -0.4 is 20.3 Å². The number of rotatable bonds is 10. The summed E-state index contributed by atoms with van der Waals surface area (Å²) in [5.74, 6) is 0.830. The molecule has 10 heteroatoms. The van der Waals surface area contributed by atoms with Crippen LogP contribution in [0, 0.1) is 4.77 Å². The van der Waals surface area contributed by atoms with Gasteiger partial charge in [0.15, 0.2) is 16.3 Å². The predicted octanol–water partition coefficient (Wildman–Crippen LogP) is 2.54. The van der Waals surface area contributed by atoms with Gasteiger partial charge in [-0.2, -0.15) is 5.10 Å². The molecule has 2 rings (SSSR count). The number of hydrazine groups is 1. The van der Waals surface area contributed by atoms with Crippen molar-refractivity contribution in [1.82, 2.24) is 25.6 Å². The van der Waals surface area contributed by atoms with Crippen molar-refractivity contribution in [3.8, 4) is 11.5 Å². The number of ether oxygens (including phenoxy) is 2. The number of nitrogens with one attached hydrogen (secondary N) is 3. The number of aromatic nitrogens is 3. The first kappa shape index (κ1) is 22.4. The third-order valence-electron chi connectivity index (χ3n) is 4.11. The molecule has 2 amide bonds. The Balaban J connectivity index is 1.95. The maximum absolute atomic E-state index is 12.4. The zero-order valence-corrected chi connectivity index (χ0v) is 17.7. The lowest BCUT2D eigenvalue weighted by Crippen LogP contribution is -2.43. The second kappa shape index (κ2) is 11.2. The molecule has 1 aromatic heterocycles. The van der Waals surface area contributed by atoms with Crippen molar-refractivity contribution in [3.05, 3.63) is 34.4 Å². The van der Waals surface area contributed by atoms with Gasteiger partial charge in [-0.3, -0.25) is 30.1 Å². The zero-order valence-electron chi connectivity index (χ0n) is 16.9. The maximum Gasteiger partial charge on any atom is 0.269 e. The third-order valence-corrected chi connectivity index (χ3v) is 4.42. The fourth-order valence-electron chi connectivity index (χ4n) is 2.56. The molecule has 1 aromatic carbocycles. The molecule has 29 heavy (non-hydrogen) atoms. The number of aryl methyl sites for hydroxylation is 1. The third kappa shape index (κ3) is 6.31. The van der Waals surface area contributed by atoms with E-state index in [1.165, 1.54) is 7.11 Å². The molecule has 9 nitrogen and oxygen atoms in total. The number of benzene rings is 1. The van der Waals surface area contributed by atoms with Gasteiger partial charge in [0.1, 0.15) is 12.4 Å². The van der Waals surface area contributed by atoms with Crippen LogP contribution in [0.2, 0.25) is 0 Å². The minimum Gasteiger partial charge on any atom is -0.493 e. The number of H-pyrrole nitrogens is 1. The largest absolute Gasteiger partial charge is 0.493 e. The molecule has 0 atom stereocenters. The predicted molar refractivity (Wildman–Crippen MR) is 110 cm³/mol. The van der Waals surface area contributed by atoms with Crippen molar-refractivity contribution in [1.29, 1.82) is 0 Å². The molecule has 0 saturated carbocycles. The van der Waals surface area contributed by atoms with E-state index in [-0.39, 0.29) is 6.54 Å². The summed E-state index contributed by atoms with van der Waals surface area (Å²) in [6.07, 6.45) is 3.52. The van der Waals surface area contributed by atoms with E-state index in [0.717, 1.165) is 19.3 Å². The molecule has 0 aliphatic heterocycles. The van der Waals surface area contributed by atoms with Crippen molar-refractivity contribution in [3.63, 3.8) is 0 Å². The number of carbonyl (C=O) groups is 2. The van der Waals surface area contributed by atoms with Crippen molar-refractivity contribution >= 4 is 24.0 Å². The topological polar surface area (TPSA) is 110 Å². The van der Waals surface area contributed by atoms with Crippen LogP contribution >= 0.6 is 12.2 Å². The molecule has 3 N–H and O–H groups in total. The molecule has 0 bridgehead atoms. The van der Waals surface area contributed by atoms with Crippen LogP contribution in [0.3, 0.4) is 0 Å². The van der Waals surface area contributed by atoms with Crippen molar-refractivity contribution < 1.29 is 19.1 Å². The smallest absolute Gasteiger partial charge is 0.269 e. The fourth-order valence-corrected chi connectivity index (χ4v) is 2.78. The Kier molecular flexibility index (Phi) is 8.66. The fraction of sp³-hybridized carbons (Fsp3) is 0.474. The van der Waals surface area contributed by atoms with Crippen LogP contribution in [0.1, 0.15) is 49.3 Å². The van der Waals surface area contributed by atoms with Gasteiger partial charge in [0, 0.05) is 12.0 Å². The average Bonchev–Trinajstić information content (AvgIpc) is 3.06. The van der Waals surface area contributed by atoms with Gasteiger partial charge in [-0.05, 0) is 43.3 Å². The van der Waals surface area contributed by atoms with Crippen LogP contribution in [-0.2, 0) is 17.8 Å². The highest BCUT2D eigenvalue weighted by atomic mass is 32.1. The van der Waals surface area contributed by atoms with E-state index in [4.69, 9.17) is 21.7 Å². The van der Waals surface area contributed by atoms with Crippen molar-refractivity contribution in [2.45, 2.75) is 46.1 Å². The Bertz CT molecular complexity index is 893. The van der Waals surface area contributed by atoms with Gasteiger partial charge in [-0.25, -0.2) is 0 Å². The highest BCUT2D eigenvalue weighted by Crippen LogP contribution is 2.28. The minimum atomic E-state index is -0.471. The first-order valence-corrected chi connectivity index (χ1v) is 9.95. The van der Waals surface area contributed by atoms with Gasteiger partial charge < -0.3 is 9.47 Å². The van der Waals surface area contributed by atoms with E-state index in [1.54, 1.807) is 22.8 Å². The molecule has 0 aliphatic rings. The van der Waals surface area contributed by atoms with E-state index >= 15 is 0 Å². The Hall–Kier alpha value is -2.88. The van der Waals surface area contributed by atoms with Gasteiger partial charge in [-0.15, -0.1) is 0 Å². The Morgan fingerprint density at radius 3 is 2.69 bits per heavy atom. The van der Waals surface area contributed by atoms with E-state index < -0.39 is 11.8 Å². The first-order chi connectivity index (χ1) is 14.0. The SMILES string of the molecule is CCCCOc1ccc(C(=O)NNC(=O)Cn2c(CCC)n[nH]c2=S)cc1OC. The summed E-state index contributed by atoms with van der Waals surface area (Å²) in [7, 11) is 1.51. The van der Waals surface area contributed by atoms with E-state index in [2.05, 4.69) is 28.0 Å². The van der Waals surface area contributed by atoms with Crippen molar-refractivity contribution in [2.75, 3.05) is 13.7 Å². The molecule has 2 aromatic rings. The lowest BCUT2D eigenvalue weighted by molar-refractivity contribution is -0.122. The van der Waals surface area contributed by atoms with E-state index in [1.807, 2.05) is 6.92 Å². The van der Waals surface area contributed by atoms with Crippen LogP contribution in [0.4, 0.5) is 0 Å². The molecule has 0 aliphatic carbocycles. The van der Waals surface area contributed by atoms with Crippen LogP contribution in [0.25, 0.3) is 0 Å². The quantitative estimate of drug-likeness (QED) is 0.309. The maximum atomic E-state index is 12.4. The van der Waals surface area contributed by atoms with Gasteiger partial charge in [0.25, 0.3) is 11.8 Å². The number of hydrogen-bond acceptors (Lipinski definition) is 6. The number of hydrogen-bond donors (Lipinski definition) is 3. The minimum absolute atomic E-state index is 0.0432. The van der Waals surface area contributed by atoms with Gasteiger partial charge in [-0.1, -0.05) is 20.3 Å². The molecule has 0 saturated heterocycles. The summed E-state index contributed by atoms with van der Waals surface area (Å²) in [5, 5.41) is 6.78. The molecule has 0 radical (unpaired) electrons. The molecule has 158 valence electrons. The normalized spacial score (nSPS) is 10.4. The van der Waals surface area contributed by atoms with E-state index in [9.17, 15) is 9.59 Å². The van der Waals surface area contributed by atoms with Crippen LogP contribution in [-0.4, -0.2) is 40.3 Å². The van der Waals surface area contributed by atoms with Gasteiger partial charge >= 0.3 is 0 Å². The second-order valence-corrected chi connectivity index (χ2v) is 6.74. The highest BCUT2D eigenvalue weighted by Gasteiger charge is 2.14. The number of unbranched alkanes of at least 4 members (excludes halogenated alkanes) is 1. The standard InChI is InChI=1S/C19H27N5O4S/c1-4-6-10-28-14-9-8-13(11-15(14)27-3)18(26)22-21-17(25)12-24-16(7-5-2)20-23-19(24)29/h8-9,11H,4-7,10,12H2,1-3H3,(H,21,25)(H,22,26)(H,23,29). The Labute approximate surface area is 174 Å². The summed E-state index contributed by atoms with van der Waals surface area (Å²) in [6, 6.07) is 4.85. The molecular formula is C19H27N5O4S. The summed E-state index contributed by atoms with van der Waals surface area (Å²) < 4.78 is 12.9. The van der Waals surface area contributed by atoms with Gasteiger partial charge in [0.05, 0.1) is 13.7 Å². The van der Waals surface area contributed by atoms with Crippen LogP contribution in [0.5, 0.6) is 11.5 Å². The summed E-state index contributed by atoms with van der Waals surface area (Å²) >= 11 is 5.15. The number of nitrogens with zero attached hydrogens (tertiary/aromatic N) is 2. The lowest BCUT2D eigenvalue weighted by Gasteiger charge is -2.13. The summed E-state index contributed by atoms with van der Waals surface area (Å²) in [5.41, 5.74) is 5.11. The number of carbonyl (C=O) groups excluding carboxylic acids is 2. The average molecular weight is 422 g/mol. The summed E-state index contributed by atoms with van der Waals surface area (Å²) in [4.78, 5) is 24.6. The molecule has 0 fully saturated rings. The van der Waals surface area contributed by atoms with E-state index in [0.29, 0.717) is 40.7 Å². The van der Waals surface area contributed by atoms with Crippen LogP contribution in [0.15, 0.2) is 18.2 Å². The molecule has 1 heterocycles. The number of aromatic amines is 1. The number of amides is 2. The second-order valence-electron chi connectivity index (χ2n) is 6.35. The lowest BCUT2D eigenvalue weighted by atomic mass is 10.2. The van der Waals surface area contributed by atoms with Gasteiger partial charge in [0.2, 0.25) is 0 Å². The molecule has 0 unspecified atom stereocenters. The zero-order chi connectivity index (χ0) is 21.2.